The zero-order valence-corrected chi connectivity index (χ0v) is 11.0. The number of imide groups is 1. The van der Waals surface area contributed by atoms with E-state index in [0.717, 1.165) is 0 Å². The van der Waals surface area contributed by atoms with Crippen molar-refractivity contribution in [3.05, 3.63) is 18.2 Å². The Morgan fingerprint density at radius 1 is 1.42 bits per heavy atom. The molecule has 1 fully saturated rings. The fourth-order valence-electron chi connectivity index (χ4n) is 2.23. The molecule has 6 nitrogen and oxygen atoms in total. The molecule has 2 rings (SSSR count). The standard InChI is InChI=1S/C13H17N3O3/c1-3-11-13(18)15-12(17)7-16(11)9-4-8(14)5-10(6-9)19-2/h4-6,11H,3,7,14H2,1-2H3,(H,15,17,18). The molecule has 3 N–H and O–H groups in total. The third-order valence-corrected chi connectivity index (χ3v) is 3.12. The number of nitrogens with one attached hydrogen (secondary N) is 1. The van der Waals surface area contributed by atoms with Crippen molar-refractivity contribution in [3.8, 4) is 5.75 Å². The molecule has 0 spiro atoms. The van der Waals surface area contributed by atoms with Gasteiger partial charge in [-0.05, 0) is 12.5 Å². The van der Waals surface area contributed by atoms with E-state index in [2.05, 4.69) is 5.32 Å². The van der Waals surface area contributed by atoms with Gasteiger partial charge in [0.15, 0.2) is 0 Å². The van der Waals surface area contributed by atoms with Crippen LogP contribution in [-0.4, -0.2) is 31.5 Å². The summed E-state index contributed by atoms with van der Waals surface area (Å²) in [4.78, 5) is 25.1. The summed E-state index contributed by atoms with van der Waals surface area (Å²) in [5.74, 6) is 0.0134. The molecule has 1 aromatic carbocycles. The number of ether oxygens (including phenoxy) is 1. The molecule has 1 aliphatic rings. The number of hydrogen-bond donors (Lipinski definition) is 2. The highest BCUT2D eigenvalue weighted by atomic mass is 16.5. The molecule has 1 aromatic rings. The fourth-order valence-corrected chi connectivity index (χ4v) is 2.23. The Bertz CT molecular complexity index is 516. The molecule has 1 aliphatic heterocycles. The number of anilines is 2. The van der Waals surface area contributed by atoms with Gasteiger partial charge in [-0.15, -0.1) is 0 Å². The van der Waals surface area contributed by atoms with Crippen molar-refractivity contribution in [1.29, 1.82) is 0 Å². The molecule has 0 aromatic heterocycles. The van der Waals surface area contributed by atoms with Crippen molar-refractivity contribution in [2.24, 2.45) is 0 Å². The van der Waals surface area contributed by atoms with E-state index in [0.29, 0.717) is 23.5 Å². The Morgan fingerprint density at radius 2 is 2.16 bits per heavy atom. The average molecular weight is 263 g/mol. The first-order valence-corrected chi connectivity index (χ1v) is 6.10. The van der Waals surface area contributed by atoms with Gasteiger partial charge >= 0.3 is 0 Å². The van der Waals surface area contributed by atoms with Crippen molar-refractivity contribution in [3.63, 3.8) is 0 Å². The summed E-state index contributed by atoms with van der Waals surface area (Å²) in [5.41, 5.74) is 7.05. The minimum Gasteiger partial charge on any atom is -0.497 e. The molecule has 2 amide bonds. The van der Waals surface area contributed by atoms with Crippen LogP contribution in [0, 0.1) is 0 Å². The Morgan fingerprint density at radius 3 is 2.79 bits per heavy atom. The minimum atomic E-state index is -0.371. The third-order valence-electron chi connectivity index (χ3n) is 3.12. The van der Waals surface area contributed by atoms with Gasteiger partial charge in [0.1, 0.15) is 11.8 Å². The Labute approximate surface area is 111 Å². The van der Waals surface area contributed by atoms with Crippen LogP contribution in [0.1, 0.15) is 13.3 Å². The summed E-state index contributed by atoms with van der Waals surface area (Å²) >= 11 is 0. The van der Waals surface area contributed by atoms with Gasteiger partial charge in [-0.2, -0.15) is 0 Å². The molecule has 1 heterocycles. The van der Waals surface area contributed by atoms with Gasteiger partial charge in [-0.25, -0.2) is 0 Å². The second-order valence-corrected chi connectivity index (χ2v) is 4.43. The highest BCUT2D eigenvalue weighted by molar-refractivity contribution is 6.04. The first-order valence-electron chi connectivity index (χ1n) is 6.10. The molecule has 6 heteroatoms. The molecular formula is C13H17N3O3. The van der Waals surface area contributed by atoms with Gasteiger partial charge in [0.25, 0.3) is 0 Å². The quantitative estimate of drug-likeness (QED) is 0.613. The van der Waals surface area contributed by atoms with Gasteiger partial charge in [0.05, 0.1) is 13.7 Å². The largest absolute Gasteiger partial charge is 0.497 e. The topological polar surface area (TPSA) is 84.7 Å². The molecule has 1 unspecified atom stereocenters. The lowest BCUT2D eigenvalue weighted by Crippen LogP contribution is -2.58. The van der Waals surface area contributed by atoms with Gasteiger partial charge in [-0.1, -0.05) is 6.92 Å². The number of nitrogen functional groups attached to an aromatic ring is 1. The van der Waals surface area contributed by atoms with E-state index in [-0.39, 0.29) is 24.4 Å². The van der Waals surface area contributed by atoms with E-state index in [4.69, 9.17) is 10.5 Å². The summed E-state index contributed by atoms with van der Waals surface area (Å²) in [6, 6.07) is 4.82. The fraction of sp³-hybridized carbons (Fsp3) is 0.385. The van der Waals surface area contributed by atoms with Crippen LogP contribution in [0.3, 0.4) is 0 Å². The SMILES string of the molecule is CCC1C(=O)NC(=O)CN1c1cc(N)cc(OC)c1. The Balaban J connectivity index is 2.39. The number of rotatable bonds is 3. The van der Waals surface area contributed by atoms with Gasteiger partial charge < -0.3 is 15.4 Å². The molecule has 0 aliphatic carbocycles. The monoisotopic (exact) mass is 263 g/mol. The van der Waals surface area contributed by atoms with Crippen LogP contribution < -0.4 is 20.7 Å². The normalized spacial score (nSPS) is 19.3. The van der Waals surface area contributed by atoms with E-state index >= 15 is 0 Å². The average Bonchev–Trinajstić information content (AvgIpc) is 2.37. The highest BCUT2D eigenvalue weighted by Crippen LogP contribution is 2.28. The van der Waals surface area contributed by atoms with E-state index in [9.17, 15) is 9.59 Å². The lowest BCUT2D eigenvalue weighted by atomic mass is 10.1. The van der Waals surface area contributed by atoms with E-state index in [1.165, 1.54) is 0 Å². The van der Waals surface area contributed by atoms with Gasteiger partial charge in [-0.3, -0.25) is 14.9 Å². The number of hydrogen-bond acceptors (Lipinski definition) is 5. The summed E-state index contributed by atoms with van der Waals surface area (Å²) in [5, 5.41) is 2.34. The highest BCUT2D eigenvalue weighted by Gasteiger charge is 2.32. The van der Waals surface area contributed by atoms with Gasteiger partial charge in [0.2, 0.25) is 11.8 Å². The zero-order valence-electron chi connectivity index (χ0n) is 11.0. The van der Waals surface area contributed by atoms with E-state index in [1.807, 2.05) is 6.92 Å². The summed E-state index contributed by atoms with van der Waals surface area (Å²) in [6.07, 6.45) is 0.607. The molecule has 0 radical (unpaired) electrons. The number of piperazine rings is 1. The summed E-state index contributed by atoms with van der Waals surface area (Å²) < 4.78 is 5.16. The molecule has 102 valence electrons. The number of methoxy groups -OCH3 is 1. The predicted octanol–water partition coefficient (Wildman–Crippen LogP) is 0.519. The maximum atomic E-state index is 11.8. The Hall–Kier alpha value is -2.24. The maximum Gasteiger partial charge on any atom is 0.249 e. The second kappa shape index (κ2) is 5.17. The van der Waals surface area contributed by atoms with E-state index in [1.54, 1.807) is 30.2 Å². The minimum absolute atomic E-state index is 0.136. The molecular weight excluding hydrogens is 246 g/mol. The van der Waals surface area contributed by atoms with Crippen molar-refractivity contribution in [1.82, 2.24) is 5.32 Å². The van der Waals surface area contributed by atoms with Crippen LogP contribution in [0.5, 0.6) is 5.75 Å². The molecule has 1 saturated heterocycles. The van der Waals surface area contributed by atoms with Crippen LogP contribution in [0.4, 0.5) is 11.4 Å². The predicted molar refractivity (Wildman–Crippen MR) is 72.0 cm³/mol. The van der Waals surface area contributed by atoms with Gasteiger partial charge in [0, 0.05) is 23.5 Å². The number of amides is 2. The second-order valence-electron chi connectivity index (χ2n) is 4.43. The lowest BCUT2D eigenvalue weighted by molar-refractivity contribution is -0.132. The summed E-state index contributed by atoms with van der Waals surface area (Å²) in [7, 11) is 1.55. The van der Waals surface area contributed by atoms with Crippen molar-refractivity contribution >= 4 is 23.2 Å². The van der Waals surface area contributed by atoms with Crippen LogP contribution in [0.2, 0.25) is 0 Å². The van der Waals surface area contributed by atoms with E-state index < -0.39 is 0 Å². The number of carbonyl (C=O) groups is 2. The number of nitrogens with zero attached hydrogens (tertiary/aromatic N) is 1. The lowest BCUT2D eigenvalue weighted by Gasteiger charge is -2.35. The molecule has 0 bridgehead atoms. The first-order chi connectivity index (χ1) is 9.05. The van der Waals surface area contributed by atoms with Crippen molar-refractivity contribution < 1.29 is 14.3 Å². The molecule has 19 heavy (non-hydrogen) atoms. The first kappa shape index (κ1) is 13.2. The van der Waals surface area contributed by atoms with Crippen LogP contribution in [-0.2, 0) is 9.59 Å². The van der Waals surface area contributed by atoms with Crippen molar-refractivity contribution in [2.75, 3.05) is 24.3 Å². The zero-order chi connectivity index (χ0) is 14.0. The summed E-state index contributed by atoms with van der Waals surface area (Å²) in [6.45, 7) is 2.04. The molecule has 1 atom stereocenters. The van der Waals surface area contributed by atoms with Crippen molar-refractivity contribution in [2.45, 2.75) is 19.4 Å². The number of benzene rings is 1. The maximum absolute atomic E-state index is 11.8. The third kappa shape index (κ3) is 2.62. The molecule has 0 saturated carbocycles. The number of carbonyl (C=O) groups excluding carboxylic acids is 2. The Kier molecular flexibility index (Phi) is 3.59. The number of nitrogens with two attached hydrogens (primary N) is 1. The van der Waals surface area contributed by atoms with Crippen LogP contribution >= 0.6 is 0 Å². The smallest absolute Gasteiger partial charge is 0.249 e. The van der Waals surface area contributed by atoms with Crippen LogP contribution in [0.25, 0.3) is 0 Å². The van der Waals surface area contributed by atoms with Crippen LogP contribution in [0.15, 0.2) is 18.2 Å².